The Kier molecular flexibility index (Phi) is 3.03. The van der Waals surface area contributed by atoms with Crippen molar-refractivity contribution in [2.24, 2.45) is 0 Å². The van der Waals surface area contributed by atoms with Crippen LogP contribution >= 0.6 is 0 Å². The van der Waals surface area contributed by atoms with Crippen LogP contribution in [0.4, 0.5) is 0 Å². The smallest absolute Gasteiger partial charge is 0.0715 e. The van der Waals surface area contributed by atoms with Gasteiger partial charge in [0, 0.05) is 24.9 Å². The third-order valence-electron chi connectivity index (χ3n) is 3.03. The highest BCUT2D eigenvalue weighted by Gasteiger charge is 2.32. The van der Waals surface area contributed by atoms with Crippen molar-refractivity contribution in [1.29, 1.82) is 0 Å². The summed E-state index contributed by atoms with van der Waals surface area (Å²) < 4.78 is 0. The molecule has 1 saturated heterocycles. The molecule has 0 radical (unpaired) electrons. The zero-order chi connectivity index (χ0) is 10.7. The van der Waals surface area contributed by atoms with Gasteiger partial charge in [-0.3, -0.25) is 4.98 Å². The molecule has 2 heterocycles. The SMILES string of the molecule is CC1CC(O)(Cc2cccnc2)CCN1. The Morgan fingerprint density at radius 3 is 3.20 bits per heavy atom. The number of piperidine rings is 1. The molecular formula is C12H18N2O. The number of nitrogens with one attached hydrogen (secondary N) is 1. The Bertz CT molecular complexity index is 315. The maximum atomic E-state index is 10.4. The van der Waals surface area contributed by atoms with Crippen LogP contribution in [-0.2, 0) is 6.42 Å². The standard InChI is InChI=1S/C12H18N2O/c1-10-7-12(15,4-6-14-10)8-11-3-2-5-13-9-11/h2-3,5,9-10,14-15H,4,6-8H2,1H3. The van der Waals surface area contributed by atoms with Crippen LogP contribution < -0.4 is 5.32 Å². The highest BCUT2D eigenvalue weighted by Crippen LogP contribution is 2.25. The second kappa shape index (κ2) is 4.29. The van der Waals surface area contributed by atoms with E-state index in [0.29, 0.717) is 12.5 Å². The van der Waals surface area contributed by atoms with Gasteiger partial charge in [0.2, 0.25) is 0 Å². The lowest BCUT2D eigenvalue weighted by molar-refractivity contribution is -0.00131. The zero-order valence-corrected chi connectivity index (χ0v) is 9.11. The van der Waals surface area contributed by atoms with Crippen molar-refractivity contribution in [2.45, 2.75) is 37.8 Å². The van der Waals surface area contributed by atoms with Gasteiger partial charge in [0.15, 0.2) is 0 Å². The predicted octanol–water partition coefficient (Wildman–Crippen LogP) is 1.13. The summed E-state index contributed by atoms with van der Waals surface area (Å²) in [6, 6.07) is 4.35. The Morgan fingerprint density at radius 2 is 2.53 bits per heavy atom. The van der Waals surface area contributed by atoms with Crippen molar-refractivity contribution >= 4 is 0 Å². The Hall–Kier alpha value is -0.930. The van der Waals surface area contributed by atoms with Gasteiger partial charge >= 0.3 is 0 Å². The number of hydrogen-bond acceptors (Lipinski definition) is 3. The molecule has 0 spiro atoms. The van der Waals surface area contributed by atoms with Gasteiger partial charge in [-0.15, -0.1) is 0 Å². The minimum atomic E-state index is -0.548. The quantitative estimate of drug-likeness (QED) is 0.762. The van der Waals surface area contributed by atoms with Gasteiger partial charge in [-0.1, -0.05) is 6.07 Å². The molecule has 2 atom stereocenters. The molecule has 0 saturated carbocycles. The summed E-state index contributed by atoms with van der Waals surface area (Å²) in [7, 11) is 0. The first kappa shape index (κ1) is 10.6. The van der Waals surface area contributed by atoms with E-state index in [-0.39, 0.29) is 0 Å². The molecule has 3 nitrogen and oxygen atoms in total. The maximum absolute atomic E-state index is 10.4. The van der Waals surface area contributed by atoms with Crippen LogP contribution in [0.15, 0.2) is 24.5 Å². The van der Waals surface area contributed by atoms with Gasteiger partial charge in [-0.2, -0.15) is 0 Å². The summed E-state index contributed by atoms with van der Waals surface area (Å²) in [6.45, 7) is 3.02. The van der Waals surface area contributed by atoms with E-state index in [1.807, 2.05) is 18.3 Å². The summed E-state index contributed by atoms with van der Waals surface area (Å²) in [5.74, 6) is 0. The lowest BCUT2D eigenvalue weighted by Gasteiger charge is -2.36. The van der Waals surface area contributed by atoms with E-state index in [2.05, 4.69) is 17.2 Å². The van der Waals surface area contributed by atoms with E-state index in [4.69, 9.17) is 0 Å². The Labute approximate surface area is 90.5 Å². The monoisotopic (exact) mass is 206 g/mol. The number of aromatic nitrogens is 1. The highest BCUT2D eigenvalue weighted by atomic mass is 16.3. The van der Waals surface area contributed by atoms with Crippen LogP contribution in [0, 0.1) is 0 Å². The zero-order valence-electron chi connectivity index (χ0n) is 9.11. The molecule has 1 aromatic rings. The molecule has 15 heavy (non-hydrogen) atoms. The van der Waals surface area contributed by atoms with Gasteiger partial charge in [0.1, 0.15) is 0 Å². The number of pyridine rings is 1. The molecule has 2 rings (SSSR count). The first-order chi connectivity index (χ1) is 7.18. The summed E-state index contributed by atoms with van der Waals surface area (Å²) in [5.41, 5.74) is 0.572. The highest BCUT2D eigenvalue weighted by molar-refractivity contribution is 5.12. The molecule has 0 bridgehead atoms. The molecule has 0 aliphatic carbocycles. The lowest BCUT2D eigenvalue weighted by Crippen LogP contribution is -2.47. The van der Waals surface area contributed by atoms with Crippen molar-refractivity contribution in [2.75, 3.05) is 6.54 Å². The van der Waals surface area contributed by atoms with E-state index in [1.54, 1.807) is 6.20 Å². The summed E-state index contributed by atoms with van der Waals surface area (Å²) in [6.07, 6.45) is 5.96. The normalized spacial score (nSPS) is 31.5. The fraction of sp³-hybridized carbons (Fsp3) is 0.583. The molecule has 82 valence electrons. The van der Waals surface area contributed by atoms with Crippen molar-refractivity contribution in [1.82, 2.24) is 10.3 Å². The molecule has 1 aliphatic rings. The number of nitrogens with zero attached hydrogens (tertiary/aromatic N) is 1. The number of hydrogen-bond donors (Lipinski definition) is 2. The average Bonchev–Trinajstić information content (AvgIpc) is 2.18. The van der Waals surface area contributed by atoms with Crippen LogP contribution in [0.3, 0.4) is 0 Å². The molecule has 0 aromatic carbocycles. The molecule has 1 aliphatic heterocycles. The van der Waals surface area contributed by atoms with Crippen molar-refractivity contribution in [3.8, 4) is 0 Å². The molecule has 2 N–H and O–H groups in total. The Morgan fingerprint density at radius 1 is 1.67 bits per heavy atom. The van der Waals surface area contributed by atoms with Crippen molar-refractivity contribution < 1.29 is 5.11 Å². The van der Waals surface area contributed by atoms with Gasteiger partial charge in [0.05, 0.1) is 5.60 Å². The fourth-order valence-corrected chi connectivity index (χ4v) is 2.34. The van der Waals surface area contributed by atoms with Gasteiger partial charge < -0.3 is 10.4 Å². The van der Waals surface area contributed by atoms with Crippen LogP contribution in [-0.4, -0.2) is 28.3 Å². The van der Waals surface area contributed by atoms with Crippen LogP contribution in [0.5, 0.6) is 0 Å². The van der Waals surface area contributed by atoms with E-state index in [1.165, 1.54) is 0 Å². The third kappa shape index (κ3) is 2.76. The molecule has 1 aromatic heterocycles. The van der Waals surface area contributed by atoms with Crippen molar-refractivity contribution in [3.63, 3.8) is 0 Å². The first-order valence-corrected chi connectivity index (χ1v) is 5.53. The second-order valence-corrected chi connectivity index (χ2v) is 4.57. The number of rotatable bonds is 2. The van der Waals surface area contributed by atoms with Crippen LogP contribution in [0.1, 0.15) is 25.3 Å². The van der Waals surface area contributed by atoms with Crippen LogP contribution in [0.25, 0.3) is 0 Å². The Balaban J connectivity index is 2.04. The maximum Gasteiger partial charge on any atom is 0.0715 e. The van der Waals surface area contributed by atoms with Crippen molar-refractivity contribution in [3.05, 3.63) is 30.1 Å². The minimum absolute atomic E-state index is 0.403. The van der Waals surface area contributed by atoms with Gasteiger partial charge in [-0.25, -0.2) is 0 Å². The third-order valence-corrected chi connectivity index (χ3v) is 3.03. The largest absolute Gasteiger partial charge is 0.389 e. The fourth-order valence-electron chi connectivity index (χ4n) is 2.34. The summed E-state index contributed by atoms with van der Waals surface area (Å²) >= 11 is 0. The molecule has 1 fully saturated rings. The van der Waals surface area contributed by atoms with E-state index >= 15 is 0 Å². The topological polar surface area (TPSA) is 45.2 Å². The van der Waals surface area contributed by atoms with E-state index in [9.17, 15) is 5.11 Å². The molecule has 2 unspecified atom stereocenters. The molecule has 3 heteroatoms. The first-order valence-electron chi connectivity index (χ1n) is 5.53. The van der Waals surface area contributed by atoms with E-state index < -0.39 is 5.60 Å². The predicted molar refractivity (Wildman–Crippen MR) is 59.6 cm³/mol. The lowest BCUT2D eigenvalue weighted by atomic mass is 9.83. The van der Waals surface area contributed by atoms with Crippen LogP contribution in [0.2, 0.25) is 0 Å². The second-order valence-electron chi connectivity index (χ2n) is 4.57. The molecular weight excluding hydrogens is 188 g/mol. The van der Waals surface area contributed by atoms with E-state index in [0.717, 1.165) is 24.9 Å². The number of aliphatic hydroxyl groups is 1. The van der Waals surface area contributed by atoms with Gasteiger partial charge in [0.25, 0.3) is 0 Å². The summed E-state index contributed by atoms with van der Waals surface area (Å²) in [4.78, 5) is 4.07. The average molecular weight is 206 g/mol. The summed E-state index contributed by atoms with van der Waals surface area (Å²) in [5, 5.41) is 13.8. The van der Waals surface area contributed by atoms with Gasteiger partial charge in [-0.05, 0) is 37.9 Å². The minimum Gasteiger partial charge on any atom is -0.389 e. The molecule has 0 amide bonds.